The summed E-state index contributed by atoms with van der Waals surface area (Å²) in [4.78, 5) is 11.4. The van der Waals surface area contributed by atoms with E-state index in [4.69, 9.17) is 5.26 Å². The van der Waals surface area contributed by atoms with Gasteiger partial charge in [-0.15, -0.1) is 0 Å². The second-order valence-corrected chi connectivity index (χ2v) is 4.07. The first-order valence-electron chi connectivity index (χ1n) is 4.45. The third kappa shape index (κ3) is 2.29. The molecule has 0 fully saturated rings. The Balaban J connectivity index is 3.43. The van der Waals surface area contributed by atoms with E-state index in [-0.39, 0.29) is 0 Å². The number of methoxy groups -OCH3 is 1. The number of hydrogen-bond acceptors (Lipinski definition) is 3. The Labute approximate surface area is 102 Å². The van der Waals surface area contributed by atoms with Crippen molar-refractivity contribution in [2.75, 3.05) is 7.11 Å². The zero-order valence-corrected chi connectivity index (χ0v) is 10.7. The molecule has 0 bridgehead atoms. The van der Waals surface area contributed by atoms with Crippen LogP contribution in [0.3, 0.4) is 0 Å². The van der Waals surface area contributed by atoms with Gasteiger partial charge in [0.15, 0.2) is 0 Å². The van der Waals surface area contributed by atoms with Crippen LogP contribution in [0.15, 0.2) is 12.1 Å². The number of benzene rings is 1. The highest BCUT2D eigenvalue weighted by molar-refractivity contribution is 14.1. The van der Waals surface area contributed by atoms with Crippen molar-refractivity contribution in [1.82, 2.24) is 0 Å². The molecule has 0 atom stereocenters. The number of nitriles is 1. The summed E-state index contributed by atoms with van der Waals surface area (Å²) >= 11 is 2.16. The number of halogens is 1. The lowest BCUT2D eigenvalue weighted by atomic mass is 10.0. The Morgan fingerprint density at radius 1 is 1.60 bits per heavy atom. The number of carbonyl (C=O) groups excluding carboxylic acids is 1. The van der Waals surface area contributed by atoms with Gasteiger partial charge in [-0.05, 0) is 46.7 Å². The van der Waals surface area contributed by atoms with E-state index < -0.39 is 5.97 Å². The van der Waals surface area contributed by atoms with E-state index in [1.165, 1.54) is 7.11 Å². The summed E-state index contributed by atoms with van der Waals surface area (Å²) < 4.78 is 5.62. The van der Waals surface area contributed by atoms with Crippen LogP contribution < -0.4 is 0 Å². The summed E-state index contributed by atoms with van der Waals surface area (Å²) in [7, 11) is 1.31. The molecule has 0 amide bonds. The fourth-order valence-electron chi connectivity index (χ4n) is 1.38. The summed E-state index contributed by atoms with van der Waals surface area (Å²) in [6.45, 7) is 1.96. The van der Waals surface area contributed by atoms with E-state index in [2.05, 4.69) is 33.4 Å². The molecular weight excluding hydrogens is 305 g/mol. The number of rotatable bonds is 2. The van der Waals surface area contributed by atoms with Gasteiger partial charge in [0.25, 0.3) is 0 Å². The van der Waals surface area contributed by atoms with E-state index in [1.807, 2.05) is 13.0 Å². The predicted molar refractivity (Wildman–Crippen MR) is 64.6 cm³/mol. The van der Waals surface area contributed by atoms with Crippen molar-refractivity contribution in [3.05, 3.63) is 32.4 Å². The number of hydrogen-bond donors (Lipinski definition) is 0. The summed E-state index contributed by atoms with van der Waals surface area (Å²) in [6.07, 6.45) is 0.728. The Bertz CT molecular complexity index is 435. The lowest BCUT2D eigenvalue weighted by molar-refractivity contribution is 0.0600. The van der Waals surface area contributed by atoms with Crippen molar-refractivity contribution in [2.45, 2.75) is 13.3 Å². The molecule has 1 rings (SSSR count). The van der Waals surface area contributed by atoms with Crippen LogP contribution in [-0.2, 0) is 11.2 Å². The molecule has 0 radical (unpaired) electrons. The lowest BCUT2D eigenvalue weighted by Crippen LogP contribution is -2.07. The first kappa shape index (κ1) is 12.0. The van der Waals surface area contributed by atoms with Crippen molar-refractivity contribution in [2.24, 2.45) is 0 Å². The highest BCUT2D eigenvalue weighted by atomic mass is 127. The summed E-state index contributed by atoms with van der Waals surface area (Å²) in [5, 5.41) is 9.04. The maximum atomic E-state index is 11.4. The van der Waals surface area contributed by atoms with Crippen LogP contribution >= 0.6 is 22.6 Å². The largest absolute Gasteiger partial charge is 0.465 e. The van der Waals surface area contributed by atoms with Gasteiger partial charge in [0.05, 0.1) is 18.2 Å². The second-order valence-electron chi connectivity index (χ2n) is 2.91. The van der Waals surface area contributed by atoms with E-state index >= 15 is 0 Å². The molecule has 15 heavy (non-hydrogen) atoms. The first-order chi connectivity index (χ1) is 7.15. The maximum Gasteiger partial charge on any atom is 0.339 e. The van der Waals surface area contributed by atoms with Crippen molar-refractivity contribution in [3.8, 4) is 6.07 Å². The number of carbonyl (C=O) groups is 1. The van der Waals surface area contributed by atoms with Gasteiger partial charge in [-0.25, -0.2) is 4.79 Å². The van der Waals surface area contributed by atoms with Gasteiger partial charge in [0.1, 0.15) is 6.07 Å². The van der Waals surface area contributed by atoms with Crippen LogP contribution in [0.4, 0.5) is 0 Å². The van der Waals surface area contributed by atoms with Gasteiger partial charge in [-0.1, -0.05) is 6.92 Å². The molecule has 0 aliphatic heterocycles. The summed E-state index contributed by atoms with van der Waals surface area (Å²) in [5.41, 5.74) is 1.68. The molecule has 4 heteroatoms. The van der Waals surface area contributed by atoms with Crippen molar-refractivity contribution in [1.29, 1.82) is 5.26 Å². The average molecular weight is 315 g/mol. The molecular formula is C11H10INO2. The molecule has 0 spiro atoms. The molecule has 0 aliphatic rings. The van der Waals surface area contributed by atoms with E-state index in [1.54, 1.807) is 6.07 Å². The number of esters is 1. The standard InChI is InChI=1S/C11H10INO2/c1-3-7-9(6-13)8(11(14)15-2)4-5-10(7)12/h4-5H,3H2,1-2H3. The zero-order valence-electron chi connectivity index (χ0n) is 8.50. The highest BCUT2D eigenvalue weighted by Crippen LogP contribution is 2.21. The van der Waals surface area contributed by atoms with Crippen molar-refractivity contribution < 1.29 is 9.53 Å². The summed E-state index contributed by atoms with van der Waals surface area (Å²) in [5.74, 6) is -0.461. The molecule has 0 aromatic heterocycles. The minimum atomic E-state index is -0.461. The molecule has 0 saturated carbocycles. The van der Waals surface area contributed by atoms with Crippen molar-refractivity contribution >= 4 is 28.6 Å². The molecule has 1 aromatic carbocycles. The molecule has 0 N–H and O–H groups in total. The third-order valence-corrected chi connectivity index (χ3v) is 3.14. The molecule has 1 aromatic rings. The molecule has 0 saturated heterocycles. The van der Waals surface area contributed by atoms with Crippen LogP contribution in [0, 0.1) is 14.9 Å². The number of nitrogens with zero attached hydrogens (tertiary/aromatic N) is 1. The maximum absolute atomic E-state index is 11.4. The summed E-state index contributed by atoms with van der Waals surface area (Å²) in [6, 6.07) is 5.52. The molecule has 0 unspecified atom stereocenters. The van der Waals surface area contributed by atoms with Gasteiger partial charge < -0.3 is 4.74 Å². The van der Waals surface area contributed by atoms with Crippen LogP contribution in [0.1, 0.15) is 28.4 Å². The topological polar surface area (TPSA) is 50.1 Å². The number of ether oxygens (including phenoxy) is 1. The van der Waals surface area contributed by atoms with Crippen LogP contribution in [0.2, 0.25) is 0 Å². The predicted octanol–water partition coefficient (Wildman–Crippen LogP) is 2.51. The van der Waals surface area contributed by atoms with Gasteiger partial charge in [0.2, 0.25) is 0 Å². The van der Waals surface area contributed by atoms with E-state index in [0.29, 0.717) is 11.1 Å². The monoisotopic (exact) mass is 315 g/mol. The minimum Gasteiger partial charge on any atom is -0.465 e. The van der Waals surface area contributed by atoms with Crippen molar-refractivity contribution in [3.63, 3.8) is 0 Å². The van der Waals surface area contributed by atoms with Crippen LogP contribution in [0.25, 0.3) is 0 Å². The van der Waals surface area contributed by atoms with E-state index in [9.17, 15) is 4.79 Å². The van der Waals surface area contributed by atoms with Crippen LogP contribution in [-0.4, -0.2) is 13.1 Å². The van der Waals surface area contributed by atoms with Gasteiger partial charge in [0, 0.05) is 3.57 Å². The molecule has 3 nitrogen and oxygen atoms in total. The van der Waals surface area contributed by atoms with Gasteiger partial charge >= 0.3 is 5.97 Å². The molecule has 0 heterocycles. The zero-order chi connectivity index (χ0) is 11.4. The van der Waals surface area contributed by atoms with Crippen LogP contribution in [0.5, 0.6) is 0 Å². The van der Waals surface area contributed by atoms with Gasteiger partial charge in [-0.2, -0.15) is 5.26 Å². The Kier molecular flexibility index (Phi) is 4.09. The minimum absolute atomic E-state index is 0.345. The second kappa shape index (κ2) is 5.12. The quantitative estimate of drug-likeness (QED) is 0.622. The Hall–Kier alpha value is -1.09. The average Bonchev–Trinajstić information content (AvgIpc) is 2.27. The van der Waals surface area contributed by atoms with Gasteiger partial charge in [-0.3, -0.25) is 0 Å². The first-order valence-corrected chi connectivity index (χ1v) is 5.53. The molecule has 78 valence electrons. The fourth-order valence-corrected chi connectivity index (χ4v) is 2.21. The Morgan fingerprint density at radius 2 is 2.27 bits per heavy atom. The molecule has 0 aliphatic carbocycles. The van der Waals surface area contributed by atoms with E-state index in [0.717, 1.165) is 15.6 Å². The highest BCUT2D eigenvalue weighted by Gasteiger charge is 2.16. The SMILES string of the molecule is CCc1c(I)ccc(C(=O)OC)c1C#N. The fraction of sp³-hybridized carbons (Fsp3) is 0.273. The normalized spacial score (nSPS) is 9.47. The smallest absolute Gasteiger partial charge is 0.339 e. The third-order valence-electron chi connectivity index (χ3n) is 2.13. The lowest BCUT2D eigenvalue weighted by Gasteiger charge is -2.08. The Morgan fingerprint density at radius 3 is 2.73 bits per heavy atom.